The number of amides is 1. The van der Waals surface area contributed by atoms with Gasteiger partial charge in [-0.05, 0) is 37.1 Å². The minimum absolute atomic E-state index is 0.00463. The molecule has 0 radical (unpaired) electrons. The van der Waals surface area contributed by atoms with E-state index in [-0.39, 0.29) is 33.2 Å². The summed E-state index contributed by atoms with van der Waals surface area (Å²) in [7, 11) is -4.01. The van der Waals surface area contributed by atoms with Gasteiger partial charge in [-0.25, -0.2) is 18.4 Å². The highest BCUT2D eigenvalue weighted by Gasteiger charge is 2.25. The van der Waals surface area contributed by atoms with Crippen molar-refractivity contribution in [3.8, 4) is 0 Å². The SMILES string of the molecule is CCC(=O)Nc1ccc(S(=O)(=O)c2ncc3ncc(=O)n(C4CCCC4)c3n2)cc1. The van der Waals surface area contributed by atoms with Crippen LogP contribution >= 0.6 is 0 Å². The van der Waals surface area contributed by atoms with Gasteiger partial charge in [-0.3, -0.25) is 14.2 Å². The first-order valence-corrected chi connectivity index (χ1v) is 11.3. The molecule has 1 N–H and O–H groups in total. The van der Waals surface area contributed by atoms with Crippen molar-refractivity contribution in [3.05, 3.63) is 47.0 Å². The van der Waals surface area contributed by atoms with E-state index in [1.54, 1.807) is 11.5 Å². The third-order valence-corrected chi connectivity index (χ3v) is 6.78. The van der Waals surface area contributed by atoms with Crippen LogP contribution in [0.2, 0.25) is 0 Å². The van der Waals surface area contributed by atoms with Crippen molar-refractivity contribution in [3.63, 3.8) is 0 Å². The number of aromatic nitrogens is 4. The Bertz CT molecular complexity index is 1260. The second-order valence-corrected chi connectivity index (χ2v) is 9.04. The van der Waals surface area contributed by atoms with Crippen LogP contribution in [0.3, 0.4) is 0 Å². The normalized spacial score (nSPS) is 14.8. The number of carbonyl (C=O) groups is 1. The number of nitrogens with zero attached hydrogens (tertiary/aromatic N) is 4. The maximum absolute atomic E-state index is 13.1. The van der Waals surface area contributed by atoms with Crippen LogP contribution in [0.5, 0.6) is 0 Å². The zero-order valence-electron chi connectivity index (χ0n) is 16.4. The molecule has 0 unspecified atom stereocenters. The Kier molecular flexibility index (Phi) is 5.33. The Hall–Kier alpha value is -3.14. The van der Waals surface area contributed by atoms with Gasteiger partial charge < -0.3 is 5.32 Å². The molecule has 9 nitrogen and oxygen atoms in total. The van der Waals surface area contributed by atoms with Crippen LogP contribution in [0.15, 0.2) is 51.5 Å². The monoisotopic (exact) mass is 427 g/mol. The average Bonchev–Trinajstić information content (AvgIpc) is 3.27. The van der Waals surface area contributed by atoms with Crippen molar-refractivity contribution in [2.24, 2.45) is 0 Å². The first kappa shape index (κ1) is 20.1. The molecule has 1 aromatic carbocycles. The van der Waals surface area contributed by atoms with E-state index in [0.29, 0.717) is 17.6 Å². The summed E-state index contributed by atoms with van der Waals surface area (Å²) in [5.41, 5.74) is 0.805. The fourth-order valence-corrected chi connectivity index (χ4v) is 4.73. The highest BCUT2D eigenvalue weighted by atomic mass is 32.2. The van der Waals surface area contributed by atoms with Crippen molar-refractivity contribution in [2.75, 3.05) is 5.32 Å². The summed E-state index contributed by atoms with van der Waals surface area (Å²) >= 11 is 0. The molecular weight excluding hydrogens is 406 g/mol. The smallest absolute Gasteiger partial charge is 0.270 e. The largest absolute Gasteiger partial charge is 0.326 e. The molecule has 0 atom stereocenters. The second-order valence-electron chi connectivity index (χ2n) is 7.20. The van der Waals surface area contributed by atoms with E-state index in [2.05, 4.69) is 20.3 Å². The van der Waals surface area contributed by atoms with Crippen LogP contribution in [0.1, 0.15) is 45.1 Å². The van der Waals surface area contributed by atoms with Gasteiger partial charge in [0.1, 0.15) is 5.52 Å². The molecule has 2 heterocycles. The van der Waals surface area contributed by atoms with Gasteiger partial charge in [-0.15, -0.1) is 0 Å². The third kappa shape index (κ3) is 3.70. The van der Waals surface area contributed by atoms with Gasteiger partial charge in [0.05, 0.1) is 17.3 Å². The molecule has 3 aromatic rings. The van der Waals surface area contributed by atoms with E-state index in [1.807, 2.05) is 0 Å². The molecule has 10 heteroatoms. The van der Waals surface area contributed by atoms with Crippen LogP contribution in [-0.2, 0) is 14.6 Å². The lowest BCUT2D eigenvalue weighted by Crippen LogP contribution is -2.25. The van der Waals surface area contributed by atoms with E-state index >= 15 is 0 Å². The lowest BCUT2D eigenvalue weighted by Gasteiger charge is -2.15. The molecule has 1 aliphatic rings. The molecule has 0 aliphatic heterocycles. The third-order valence-electron chi connectivity index (χ3n) is 5.21. The fourth-order valence-electron chi connectivity index (χ4n) is 3.63. The molecule has 1 amide bonds. The van der Waals surface area contributed by atoms with Crippen molar-refractivity contribution in [1.29, 1.82) is 0 Å². The molecule has 30 heavy (non-hydrogen) atoms. The molecular formula is C20H21N5O4S. The predicted molar refractivity (Wildman–Crippen MR) is 110 cm³/mol. The van der Waals surface area contributed by atoms with E-state index in [9.17, 15) is 18.0 Å². The summed E-state index contributed by atoms with van der Waals surface area (Å²) in [6, 6.07) is 5.78. The highest BCUT2D eigenvalue weighted by Crippen LogP contribution is 2.30. The van der Waals surface area contributed by atoms with Gasteiger partial charge in [0, 0.05) is 18.2 Å². The number of fused-ring (bicyclic) bond motifs is 1. The minimum atomic E-state index is -4.01. The topological polar surface area (TPSA) is 124 Å². The first-order valence-electron chi connectivity index (χ1n) is 9.79. The van der Waals surface area contributed by atoms with Crippen molar-refractivity contribution in [2.45, 2.75) is 55.1 Å². The quantitative estimate of drug-likeness (QED) is 0.620. The zero-order chi connectivity index (χ0) is 21.3. The maximum Gasteiger partial charge on any atom is 0.270 e. The average molecular weight is 427 g/mol. The fraction of sp³-hybridized carbons (Fsp3) is 0.350. The number of rotatable bonds is 5. The van der Waals surface area contributed by atoms with Crippen LogP contribution < -0.4 is 10.9 Å². The standard InChI is InChI=1S/C20H21N5O4S/c1-2-17(26)23-13-7-9-15(10-8-13)30(28,29)20-22-11-16-19(24-20)25(18(27)12-21-16)14-5-3-4-6-14/h7-12,14H,2-6H2,1H3,(H,23,26). The van der Waals surface area contributed by atoms with Gasteiger partial charge in [0.25, 0.3) is 10.7 Å². The number of benzene rings is 1. The molecule has 0 saturated heterocycles. The van der Waals surface area contributed by atoms with Crippen molar-refractivity contribution in [1.82, 2.24) is 19.5 Å². The Morgan fingerprint density at radius 2 is 1.83 bits per heavy atom. The van der Waals surface area contributed by atoms with E-state index < -0.39 is 9.84 Å². The number of hydrogen-bond acceptors (Lipinski definition) is 7. The van der Waals surface area contributed by atoms with Gasteiger partial charge in [-0.2, -0.15) is 4.98 Å². The number of anilines is 1. The zero-order valence-corrected chi connectivity index (χ0v) is 17.2. The Balaban J connectivity index is 1.75. The summed E-state index contributed by atoms with van der Waals surface area (Å²) in [5, 5.41) is 2.28. The second kappa shape index (κ2) is 7.94. The number of carbonyl (C=O) groups excluding carboxylic acids is 1. The number of sulfone groups is 1. The molecule has 4 rings (SSSR count). The van der Waals surface area contributed by atoms with Crippen LogP contribution in [0.4, 0.5) is 5.69 Å². The molecule has 1 aliphatic carbocycles. The summed E-state index contributed by atoms with van der Waals surface area (Å²) in [6.45, 7) is 1.73. The maximum atomic E-state index is 13.1. The van der Waals surface area contributed by atoms with Crippen molar-refractivity contribution >= 4 is 32.6 Å². The summed E-state index contributed by atoms with van der Waals surface area (Å²) < 4.78 is 27.7. The molecule has 1 saturated carbocycles. The molecule has 0 spiro atoms. The van der Waals surface area contributed by atoms with Crippen LogP contribution in [-0.4, -0.2) is 33.8 Å². The van der Waals surface area contributed by atoms with Crippen LogP contribution in [0.25, 0.3) is 11.2 Å². The summed E-state index contributed by atoms with van der Waals surface area (Å²) in [4.78, 5) is 36.2. The molecule has 0 bridgehead atoms. The van der Waals surface area contributed by atoms with E-state index in [4.69, 9.17) is 0 Å². The van der Waals surface area contributed by atoms with E-state index in [1.165, 1.54) is 36.7 Å². The minimum Gasteiger partial charge on any atom is -0.326 e. The Labute approximate surface area is 173 Å². The molecule has 156 valence electrons. The van der Waals surface area contributed by atoms with Gasteiger partial charge in [0.15, 0.2) is 5.65 Å². The highest BCUT2D eigenvalue weighted by molar-refractivity contribution is 7.91. The van der Waals surface area contributed by atoms with Gasteiger partial charge >= 0.3 is 0 Å². The lowest BCUT2D eigenvalue weighted by molar-refractivity contribution is -0.115. The van der Waals surface area contributed by atoms with Gasteiger partial charge in [-0.1, -0.05) is 19.8 Å². The number of hydrogen-bond donors (Lipinski definition) is 1. The lowest BCUT2D eigenvalue weighted by atomic mass is 10.2. The summed E-state index contributed by atoms with van der Waals surface area (Å²) in [6.07, 6.45) is 6.58. The van der Waals surface area contributed by atoms with Gasteiger partial charge in [0.2, 0.25) is 15.7 Å². The van der Waals surface area contributed by atoms with Crippen LogP contribution in [0, 0.1) is 0 Å². The number of nitrogens with one attached hydrogen (secondary N) is 1. The molecule has 1 fully saturated rings. The first-order chi connectivity index (χ1) is 14.4. The Morgan fingerprint density at radius 3 is 2.50 bits per heavy atom. The van der Waals surface area contributed by atoms with Crippen molar-refractivity contribution < 1.29 is 13.2 Å². The Morgan fingerprint density at radius 1 is 1.13 bits per heavy atom. The summed E-state index contributed by atoms with van der Waals surface area (Å²) in [5.74, 6) is -0.166. The predicted octanol–water partition coefficient (Wildman–Crippen LogP) is 2.48. The van der Waals surface area contributed by atoms with E-state index in [0.717, 1.165) is 25.7 Å². The molecule has 2 aromatic heterocycles.